The summed E-state index contributed by atoms with van der Waals surface area (Å²) in [5.41, 5.74) is -3.37. The SMILES string of the molecule is CCC[CH2][Sn]([CH2]CCC)([CH2]CCC)[C@@H](C)CCOC(=O)[C@@](OC)(c1ccccc1)C(F)(F)F. The van der Waals surface area contributed by atoms with Crippen molar-refractivity contribution in [2.45, 2.75) is 102 Å². The molecule has 0 aliphatic rings. The molecular weight excluding hydrogens is 536 g/mol. The molecular formula is C26H43F3O3Sn. The topological polar surface area (TPSA) is 35.5 Å². The molecule has 0 fully saturated rings. The van der Waals surface area contributed by atoms with E-state index in [0.29, 0.717) is 10.4 Å². The second-order valence-corrected chi connectivity index (χ2v) is 24.1. The number of alkyl halides is 3. The second-order valence-electron chi connectivity index (χ2n) is 9.25. The third-order valence-corrected chi connectivity index (χ3v) is 25.4. The number of methoxy groups -OCH3 is 1. The van der Waals surface area contributed by atoms with Crippen LogP contribution < -0.4 is 0 Å². The summed E-state index contributed by atoms with van der Waals surface area (Å²) in [6.45, 7) is 8.90. The van der Waals surface area contributed by atoms with E-state index >= 15 is 0 Å². The zero-order valence-corrected chi connectivity index (χ0v) is 24.0. The first-order valence-electron chi connectivity index (χ1n) is 12.5. The van der Waals surface area contributed by atoms with Gasteiger partial charge >= 0.3 is 203 Å². The van der Waals surface area contributed by atoms with Gasteiger partial charge in [0.15, 0.2) is 0 Å². The summed E-state index contributed by atoms with van der Waals surface area (Å²) in [4.78, 5) is 12.8. The monoisotopic (exact) mass is 580 g/mol. The van der Waals surface area contributed by atoms with Gasteiger partial charge in [-0.2, -0.15) is 0 Å². The Morgan fingerprint density at radius 3 is 1.82 bits per heavy atom. The van der Waals surface area contributed by atoms with Crippen LogP contribution in [0.4, 0.5) is 13.2 Å². The van der Waals surface area contributed by atoms with Crippen LogP contribution in [0.3, 0.4) is 0 Å². The second kappa shape index (κ2) is 14.6. The molecule has 2 atom stereocenters. The molecule has 0 aromatic heterocycles. The van der Waals surface area contributed by atoms with E-state index in [1.54, 1.807) is 6.07 Å². The Balaban J connectivity index is 3.02. The molecule has 0 spiro atoms. The van der Waals surface area contributed by atoms with Crippen molar-refractivity contribution in [3.05, 3.63) is 35.9 Å². The molecule has 0 saturated carbocycles. The van der Waals surface area contributed by atoms with Crippen LogP contribution in [0, 0.1) is 0 Å². The summed E-state index contributed by atoms with van der Waals surface area (Å²) in [6, 6.07) is 7.03. The maximum atomic E-state index is 14.1. The quantitative estimate of drug-likeness (QED) is 0.146. The van der Waals surface area contributed by atoms with Crippen molar-refractivity contribution in [1.82, 2.24) is 0 Å². The van der Waals surface area contributed by atoms with E-state index in [9.17, 15) is 18.0 Å². The summed E-state index contributed by atoms with van der Waals surface area (Å²) in [5, 5.41) is 0. The van der Waals surface area contributed by atoms with Gasteiger partial charge in [0.25, 0.3) is 0 Å². The van der Waals surface area contributed by atoms with Crippen molar-refractivity contribution in [3.63, 3.8) is 0 Å². The molecule has 0 unspecified atom stereocenters. The Kier molecular flexibility index (Phi) is 13.4. The van der Waals surface area contributed by atoms with Crippen LogP contribution in [0.2, 0.25) is 17.2 Å². The number of carbonyl (C=O) groups excluding carboxylic acids is 1. The number of hydrogen-bond donors (Lipinski definition) is 0. The average Bonchev–Trinajstić information content (AvgIpc) is 2.79. The fraction of sp³-hybridized carbons (Fsp3) is 0.731. The van der Waals surface area contributed by atoms with E-state index in [0.717, 1.165) is 26.4 Å². The molecule has 0 aliphatic heterocycles. The Morgan fingerprint density at radius 2 is 1.42 bits per heavy atom. The van der Waals surface area contributed by atoms with Crippen LogP contribution in [-0.4, -0.2) is 44.2 Å². The number of esters is 1. The number of ether oxygens (including phenoxy) is 2. The van der Waals surface area contributed by atoms with Gasteiger partial charge in [-0.15, -0.1) is 0 Å². The number of halogens is 3. The Hall–Kier alpha value is -0.761. The van der Waals surface area contributed by atoms with E-state index in [4.69, 9.17) is 9.47 Å². The van der Waals surface area contributed by atoms with Gasteiger partial charge < -0.3 is 0 Å². The summed E-state index contributed by atoms with van der Waals surface area (Å²) in [5.74, 6) is -1.38. The Bertz CT molecular complexity index is 659. The predicted octanol–water partition coefficient (Wildman–Crippen LogP) is 8.26. The van der Waals surface area contributed by atoms with Gasteiger partial charge in [0.2, 0.25) is 0 Å². The number of hydrogen-bond acceptors (Lipinski definition) is 3. The fourth-order valence-electron chi connectivity index (χ4n) is 4.82. The molecule has 0 bridgehead atoms. The van der Waals surface area contributed by atoms with E-state index in [-0.39, 0.29) is 12.2 Å². The van der Waals surface area contributed by atoms with E-state index < -0.39 is 36.1 Å². The van der Waals surface area contributed by atoms with Crippen LogP contribution in [0.5, 0.6) is 0 Å². The molecule has 3 nitrogen and oxygen atoms in total. The van der Waals surface area contributed by atoms with Gasteiger partial charge in [-0.25, -0.2) is 0 Å². The van der Waals surface area contributed by atoms with Crippen LogP contribution in [-0.2, 0) is 19.9 Å². The van der Waals surface area contributed by atoms with Gasteiger partial charge in [0.1, 0.15) is 0 Å². The molecule has 190 valence electrons. The summed E-state index contributed by atoms with van der Waals surface area (Å²) < 4.78 is 56.8. The van der Waals surface area contributed by atoms with Gasteiger partial charge in [0, 0.05) is 0 Å². The number of benzene rings is 1. The van der Waals surface area contributed by atoms with Crippen LogP contribution in [0.15, 0.2) is 30.3 Å². The van der Waals surface area contributed by atoms with Gasteiger partial charge in [-0.1, -0.05) is 0 Å². The molecule has 1 aromatic carbocycles. The number of carbonyl (C=O) groups is 1. The van der Waals surface area contributed by atoms with E-state index in [1.807, 2.05) is 0 Å². The summed E-state index contributed by atoms with van der Waals surface area (Å²) in [6.07, 6.45) is 2.87. The number of rotatable bonds is 16. The molecule has 0 saturated heterocycles. The first-order chi connectivity index (χ1) is 15.6. The summed E-state index contributed by atoms with van der Waals surface area (Å²) in [7, 11) is 0.909. The van der Waals surface area contributed by atoms with Crippen molar-refractivity contribution in [3.8, 4) is 0 Å². The molecule has 0 N–H and O–H groups in total. The van der Waals surface area contributed by atoms with Crippen molar-refractivity contribution in [1.29, 1.82) is 0 Å². The molecule has 7 heteroatoms. The zero-order valence-electron chi connectivity index (χ0n) is 21.1. The third kappa shape index (κ3) is 7.87. The van der Waals surface area contributed by atoms with Crippen molar-refractivity contribution in [2.24, 2.45) is 0 Å². The Labute approximate surface area is 202 Å². The summed E-state index contributed by atoms with van der Waals surface area (Å²) >= 11 is -2.54. The van der Waals surface area contributed by atoms with Crippen molar-refractivity contribution >= 4 is 24.3 Å². The standard InChI is InChI=1S/C14H16F3O3.3C4H9.Sn/c1-3-4-10-20-12(18)13(19-2,14(15,16)17)11-8-6-5-7-9-11;3*1-3-4-2;/h3,5-9H,4,10H2,1-2H3;3*1,3-4H2,2H3;/t13-;;;;/m0..../s1. The van der Waals surface area contributed by atoms with Gasteiger partial charge in [0.05, 0.1) is 0 Å². The minimum atomic E-state index is -4.93. The average molecular weight is 579 g/mol. The zero-order chi connectivity index (χ0) is 25.0. The molecule has 0 radical (unpaired) electrons. The first-order valence-corrected chi connectivity index (χ1v) is 20.2. The normalized spacial score (nSPS) is 15.2. The van der Waals surface area contributed by atoms with Crippen molar-refractivity contribution < 1.29 is 27.4 Å². The first kappa shape index (κ1) is 30.3. The third-order valence-electron chi connectivity index (χ3n) is 7.09. The van der Waals surface area contributed by atoms with Crippen LogP contribution in [0.1, 0.15) is 78.2 Å². The Morgan fingerprint density at radius 1 is 0.939 bits per heavy atom. The minimum absolute atomic E-state index is 0.00291. The van der Waals surface area contributed by atoms with Crippen LogP contribution in [0.25, 0.3) is 0 Å². The molecule has 0 amide bonds. The number of unbranched alkanes of at least 4 members (excludes halogenated alkanes) is 3. The predicted molar refractivity (Wildman–Crippen MR) is 131 cm³/mol. The van der Waals surface area contributed by atoms with E-state index in [1.165, 1.54) is 56.8 Å². The molecule has 0 aliphatic carbocycles. The molecule has 33 heavy (non-hydrogen) atoms. The van der Waals surface area contributed by atoms with Gasteiger partial charge in [-0.3, -0.25) is 0 Å². The maximum absolute atomic E-state index is 14.1. The molecule has 1 rings (SSSR count). The fourth-order valence-corrected chi connectivity index (χ4v) is 22.3. The van der Waals surface area contributed by atoms with Gasteiger partial charge in [-0.05, 0) is 0 Å². The van der Waals surface area contributed by atoms with Crippen LogP contribution >= 0.6 is 0 Å². The molecule has 1 aromatic rings. The molecule has 0 heterocycles. The van der Waals surface area contributed by atoms with E-state index in [2.05, 4.69) is 27.7 Å². The van der Waals surface area contributed by atoms with Crippen molar-refractivity contribution in [2.75, 3.05) is 13.7 Å².